The third-order valence-electron chi connectivity index (χ3n) is 2.64. The average molecular weight is 206 g/mol. The van der Waals surface area contributed by atoms with Crippen LogP contribution in [0.5, 0.6) is 0 Å². The predicted molar refractivity (Wildman–Crippen MR) is 55.1 cm³/mol. The lowest BCUT2D eigenvalue weighted by molar-refractivity contribution is -0.169. The molecular weight excluding hydrogens is 192 g/mol. The quantitative estimate of drug-likeness (QED) is 0.697. The van der Waals surface area contributed by atoms with Crippen molar-refractivity contribution >= 4 is 5.97 Å². The van der Waals surface area contributed by atoms with Crippen LogP contribution in [0.1, 0.15) is 31.9 Å². The first-order valence-corrected chi connectivity index (χ1v) is 5.10. The highest BCUT2D eigenvalue weighted by Crippen LogP contribution is 2.35. The van der Waals surface area contributed by atoms with E-state index in [0.717, 1.165) is 5.56 Å². The summed E-state index contributed by atoms with van der Waals surface area (Å²) < 4.78 is 10.8. The number of ether oxygens (including phenoxy) is 2. The van der Waals surface area contributed by atoms with E-state index in [2.05, 4.69) is 0 Å². The van der Waals surface area contributed by atoms with Crippen LogP contribution in [-0.4, -0.2) is 11.8 Å². The number of rotatable bonds is 2. The first-order chi connectivity index (χ1) is 7.14. The number of esters is 1. The molecule has 1 aromatic rings. The normalized spacial score (nSPS) is 30.3. The average Bonchev–Trinajstić information content (AvgIpc) is 2.57. The molecule has 3 nitrogen and oxygen atoms in total. The molecule has 1 saturated heterocycles. The van der Waals surface area contributed by atoms with E-state index >= 15 is 0 Å². The van der Waals surface area contributed by atoms with Crippen LogP contribution in [0, 0.1) is 0 Å². The number of hydrogen-bond donors (Lipinski definition) is 0. The second kappa shape index (κ2) is 3.66. The minimum atomic E-state index is -0.766. The topological polar surface area (TPSA) is 35.5 Å². The summed E-state index contributed by atoms with van der Waals surface area (Å²) >= 11 is 0. The maximum Gasteiger partial charge on any atom is 0.342 e. The van der Waals surface area contributed by atoms with Gasteiger partial charge in [0.25, 0.3) is 0 Å². The molecule has 0 N–H and O–H groups in total. The van der Waals surface area contributed by atoms with E-state index in [1.165, 1.54) is 0 Å². The molecule has 0 aromatic heterocycles. The maximum absolute atomic E-state index is 11.6. The fraction of sp³-hybridized carbons (Fsp3) is 0.417. The van der Waals surface area contributed by atoms with E-state index in [9.17, 15) is 4.79 Å². The maximum atomic E-state index is 11.6. The van der Waals surface area contributed by atoms with Gasteiger partial charge in [-0.05, 0) is 5.56 Å². The van der Waals surface area contributed by atoms with Crippen molar-refractivity contribution in [2.45, 2.75) is 32.2 Å². The molecule has 1 fully saturated rings. The molecule has 0 bridgehead atoms. The highest BCUT2D eigenvalue weighted by molar-refractivity contribution is 5.78. The van der Waals surface area contributed by atoms with Crippen molar-refractivity contribution in [2.24, 2.45) is 0 Å². The zero-order chi connectivity index (χ0) is 10.9. The van der Waals surface area contributed by atoms with E-state index in [1.807, 2.05) is 37.3 Å². The molecule has 3 heteroatoms. The Morgan fingerprint density at radius 1 is 1.33 bits per heavy atom. The summed E-state index contributed by atoms with van der Waals surface area (Å²) in [5.41, 5.74) is 0.847. The lowest BCUT2D eigenvalue weighted by atomic mass is 10.1. The molecule has 0 spiro atoms. The molecule has 1 heterocycles. The van der Waals surface area contributed by atoms with Crippen LogP contribution < -0.4 is 0 Å². The Morgan fingerprint density at radius 3 is 2.53 bits per heavy atom. The molecule has 0 radical (unpaired) electrons. The number of benzene rings is 1. The minimum absolute atomic E-state index is 0.300. The van der Waals surface area contributed by atoms with Crippen molar-refractivity contribution in [2.75, 3.05) is 0 Å². The standard InChI is InChI=1S/C12H14O3/c1-3-12(2)14-10(11(13)15-12)9-7-5-4-6-8-9/h4-8,10H,3H2,1-2H3. The summed E-state index contributed by atoms with van der Waals surface area (Å²) in [4.78, 5) is 11.6. The molecule has 2 unspecified atom stereocenters. The van der Waals surface area contributed by atoms with Gasteiger partial charge in [-0.25, -0.2) is 4.79 Å². The second-order valence-corrected chi connectivity index (χ2v) is 3.82. The van der Waals surface area contributed by atoms with Gasteiger partial charge in [-0.1, -0.05) is 37.3 Å². The monoisotopic (exact) mass is 206 g/mol. The van der Waals surface area contributed by atoms with Gasteiger partial charge in [0.05, 0.1) is 0 Å². The van der Waals surface area contributed by atoms with Gasteiger partial charge < -0.3 is 9.47 Å². The summed E-state index contributed by atoms with van der Waals surface area (Å²) in [6, 6.07) is 9.41. The fourth-order valence-corrected chi connectivity index (χ4v) is 1.58. The van der Waals surface area contributed by atoms with Crippen LogP contribution in [-0.2, 0) is 14.3 Å². The van der Waals surface area contributed by atoms with Gasteiger partial charge in [-0.2, -0.15) is 0 Å². The molecule has 2 atom stereocenters. The van der Waals surface area contributed by atoms with Gasteiger partial charge in [0.1, 0.15) is 0 Å². The van der Waals surface area contributed by atoms with Gasteiger partial charge >= 0.3 is 5.97 Å². The smallest absolute Gasteiger partial charge is 0.342 e. The van der Waals surface area contributed by atoms with Crippen molar-refractivity contribution in [3.8, 4) is 0 Å². The zero-order valence-corrected chi connectivity index (χ0v) is 8.90. The molecule has 1 aliphatic heterocycles. The number of hydrogen-bond acceptors (Lipinski definition) is 3. The molecular formula is C12H14O3. The summed E-state index contributed by atoms with van der Waals surface area (Å²) in [7, 11) is 0. The Balaban J connectivity index is 2.23. The molecule has 0 aliphatic carbocycles. The molecule has 1 aromatic carbocycles. The van der Waals surface area contributed by atoms with Crippen LogP contribution in [0.4, 0.5) is 0 Å². The SMILES string of the molecule is CCC1(C)OC(=O)C(c2ccccc2)O1. The van der Waals surface area contributed by atoms with Crippen molar-refractivity contribution in [1.29, 1.82) is 0 Å². The first-order valence-electron chi connectivity index (χ1n) is 5.10. The summed E-state index contributed by atoms with van der Waals surface area (Å²) in [6.45, 7) is 3.72. The molecule has 2 rings (SSSR count). The van der Waals surface area contributed by atoms with Crippen LogP contribution in [0.15, 0.2) is 30.3 Å². The van der Waals surface area contributed by atoms with Gasteiger partial charge in [-0.15, -0.1) is 0 Å². The predicted octanol–water partition coefficient (Wildman–Crippen LogP) is 2.43. The molecule has 1 aliphatic rings. The Kier molecular flexibility index (Phi) is 2.49. The number of cyclic esters (lactones) is 1. The minimum Gasteiger partial charge on any atom is -0.431 e. The summed E-state index contributed by atoms with van der Waals surface area (Å²) in [5.74, 6) is -1.07. The lowest BCUT2D eigenvalue weighted by Gasteiger charge is -2.19. The Hall–Kier alpha value is -1.35. The van der Waals surface area contributed by atoms with Gasteiger partial charge in [0, 0.05) is 13.3 Å². The summed E-state index contributed by atoms with van der Waals surface area (Å²) in [5, 5.41) is 0. The Labute approximate surface area is 89.0 Å². The van der Waals surface area contributed by atoms with Crippen molar-refractivity contribution in [3.05, 3.63) is 35.9 Å². The van der Waals surface area contributed by atoms with E-state index < -0.39 is 11.9 Å². The van der Waals surface area contributed by atoms with Crippen LogP contribution >= 0.6 is 0 Å². The highest BCUT2D eigenvalue weighted by atomic mass is 16.8. The van der Waals surface area contributed by atoms with Crippen LogP contribution in [0.2, 0.25) is 0 Å². The Morgan fingerprint density at radius 2 is 2.00 bits per heavy atom. The lowest BCUT2D eigenvalue weighted by Crippen LogP contribution is -2.24. The molecule has 80 valence electrons. The highest BCUT2D eigenvalue weighted by Gasteiger charge is 2.43. The van der Waals surface area contributed by atoms with Crippen molar-refractivity contribution in [1.82, 2.24) is 0 Å². The molecule has 0 amide bonds. The third kappa shape index (κ3) is 1.88. The van der Waals surface area contributed by atoms with Crippen LogP contribution in [0.3, 0.4) is 0 Å². The first kappa shape index (κ1) is 10.2. The Bertz CT molecular complexity index is 360. The van der Waals surface area contributed by atoms with Gasteiger partial charge in [0.2, 0.25) is 5.79 Å². The zero-order valence-electron chi connectivity index (χ0n) is 8.90. The van der Waals surface area contributed by atoms with Gasteiger partial charge in [0.15, 0.2) is 6.10 Å². The van der Waals surface area contributed by atoms with Crippen molar-refractivity contribution < 1.29 is 14.3 Å². The van der Waals surface area contributed by atoms with E-state index in [0.29, 0.717) is 6.42 Å². The van der Waals surface area contributed by atoms with E-state index in [4.69, 9.17) is 9.47 Å². The van der Waals surface area contributed by atoms with Crippen LogP contribution in [0.25, 0.3) is 0 Å². The summed E-state index contributed by atoms with van der Waals surface area (Å²) in [6.07, 6.45) is 0.0818. The third-order valence-corrected chi connectivity index (χ3v) is 2.64. The van der Waals surface area contributed by atoms with Gasteiger partial charge in [-0.3, -0.25) is 0 Å². The second-order valence-electron chi connectivity index (χ2n) is 3.82. The number of carbonyl (C=O) groups excluding carboxylic acids is 1. The number of carbonyl (C=O) groups is 1. The van der Waals surface area contributed by atoms with Crippen molar-refractivity contribution in [3.63, 3.8) is 0 Å². The largest absolute Gasteiger partial charge is 0.431 e. The fourth-order valence-electron chi connectivity index (χ4n) is 1.58. The molecule has 0 saturated carbocycles. The van der Waals surface area contributed by atoms with E-state index in [1.54, 1.807) is 6.92 Å². The molecule has 15 heavy (non-hydrogen) atoms. The van der Waals surface area contributed by atoms with E-state index in [-0.39, 0.29) is 5.97 Å².